The molecule has 0 bridgehead atoms. The highest BCUT2D eigenvalue weighted by atomic mass is 16.2. The first kappa shape index (κ1) is 20.3. The highest BCUT2D eigenvalue weighted by Crippen LogP contribution is 2.31. The van der Waals surface area contributed by atoms with E-state index in [2.05, 4.69) is 21.5 Å². The Hall–Kier alpha value is -3.02. The van der Waals surface area contributed by atoms with Gasteiger partial charge in [0.2, 0.25) is 11.8 Å². The standard InChI is InChI=1S/C22H24N4O4/c1-2-12-25(15-8-10-23-11-9-15)13-14-4-3-5-16-19(14)22(30)26(21(16)29)17-6-7-18(27)24-20(17)28/h1,3-5,15,17,23H,6-13H2,(H,24,27,28). The Morgan fingerprint density at radius 2 is 1.87 bits per heavy atom. The summed E-state index contributed by atoms with van der Waals surface area (Å²) < 4.78 is 0. The molecule has 2 N–H and O–H groups in total. The molecule has 0 aliphatic carbocycles. The second kappa shape index (κ2) is 8.38. The van der Waals surface area contributed by atoms with Crippen LogP contribution in [0.5, 0.6) is 0 Å². The van der Waals surface area contributed by atoms with Crippen LogP contribution in [0.1, 0.15) is 52.0 Å². The van der Waals surface area contributed by atoms with Gasteiger partial charge in [-0.25, -0.2) is 0 Å². The van der Waals surface area contributed by atoms with Crippen LogP contribution in [0.25, 0.3) is 0 Å². The number of carbonyl (C=O) groups excluding carboxylic acids is 4. The summed E-state index contributed by atoms with van der Waals surface area (Å²) in [6, 6.07) is 4.54. The third-order valence-corrected chi connectivity index (χ3v) is 6.05. The maximum absolute atomic E-state index is 13.2. The second-order valence-electron chi connectivity index (χ2n) is 7.88. The van der Waals surface area contributed by atoms with Gasteiger partial charge in [0.05, 0.1) is 17.7 Å². The van der Waals surface area contributed by atoms with Crippen molar-refractivity contribution in [2.75, 3.05) is 19.6 Å². The number of rotatable bonds is 5. The first-order valence-electron chi connectivity index (χ1n) is 10.2. The van der Waals surface area contributed by atoms with Crippen molar-refractivity contribution < 1.29 is 19.2 Å². The molecular weight excluding hydrogens is 384 g/mol. The molecule has 0 spiro atoms. The molecule has 0 aromatic heterocycles. The summed E-state index contributed by atoms with van der Waals surface area (Å²) in [7, 11) is 0. The van der Waals surface area contributed by atoms with Crippen molar-refractivity contribution in [3.63, 3.8) is 0 Å². The molecule has 156 valence electrons. The Bertz CT molecular complexity index is 945. The van der Waals surface area contributed by atoms with E-state index in [4.69, 9.17) is 6.42 Å². The number of carbonyl (C=O) groups is 4. The van der Waals surface area contributed by atoms with Gasteiger partial charge < -0.3 is 5.32 Å². The highest BCUT2D eigenvalue weighted by Gasteiger charge is 2.45. The molecule has 4 amide bonds. The highest BCUT2D eigenvalue weighted by molar-refractivity contribution is 6.24. The fraction of sp³-hybridized carbons (Fsp3) is 0.455. The topological polar surface area (TPSA) is 98.8 Å². The summed E-state index contributed by atoms with van der Waals surface area (Å²) in [6.45, 7) is 2.74. The first-order chi connectivity index (χ1) is 14.5. The number of nitrogens with zero attached hydrogens (tertiary/aromatic N) is 2. The number of hydrogen-bond acceptors (Lipinski definition) is 6. The van der Waals surface area contributed by atoms with Crippen LogP contribution < -0.4 is 10.6 Å². The lowest BCUT2D eigenvalue weighted by Crippen LogP contribution is -2.54. The number of fused-ring (bicyclic) bond motifs is 1. The van der Waals surface area contributed by atoms with Gasteiger partial charge in [0.15, 0.2) is 0 Å². The van der Waals surface area contributed by atoms with Crippen LogP contribution >= 0.6 is 0 Å². The Labute approximate surface area is 175 Å². The predicted octanol–water partition coefficient (Wildman–Crippen LogP) is 0.275. The number of imide groups is 2. The second-order valence-corrected chi connectivity index (χ2v) is 7.88. The summed E-state index contributed by atoms with van der Waals surface area (Å²) >= 11 is 0. The quantitative estimate of drug-likeness (QED) is 0.536. The van der Waals surface area contributed by atoms with Crippen molar-refractivity contribution in [3.05, 3.63) is 34.9 Å². The molecule has 0 saturated carbocycles. The van der Waals surface area contributed by atoms with Gasteiger partial charge in [-0.1, -0.05) is 18.1 Å². The van der Waals surface area contributed by atoms with Crippen LogP contribution in [0.15, 0.2) is 18.2 Å². The van der Waals surface area contributed by atoms with Gasteiger partial charge >= 0.3 is 0 Å². The van der Waals surface area contributed by atoms with Gasteiger partial charge in [-0.05, 0) is 44.0 Å². The molecule has 1 unspecified atom stereocenters. The molecule has 0 radical (unpaired) electrons. The van der Waals surface area contributed by atoms with Crippen molar-refractivity contribution in [3.8, 4) is 12.3 Å². The van der Waals surface area contributed by atoms with Crippen LogP contribution in [0.3, 0.4) is 0 Å². The van der Waals surface area contributed by atoms with Crippen LogP contribution in [0.4, 0.5) is 0 Å². The van der Waals surface area contributed by atoms with Crippen molar-refractivity contribution in [2.45, 2.75) is 44.3 Å². The number of terminal acetylenes is 1. The zero-order valence-corrected chi connectivity index (χ0v) is 16.6. The molecular formula is C22H24N4O4. The van der Waals surface area contributed by atoms with E-state index in [1.54, 1.807) is 12.1 Å². The molecule has 2 saturated heterocycles. The summed E-state index contributed by atoms with van der Waals surface area (Å²) in [5.74, 6) is 0.738. The van der Waals surface area contributed by atoms with Crippen molar-refractivity contribution in [2.24, 2.45) is 0 Å². The van der Waals surface area contributed by atoms with Crippen LogP contribution in [0, 0.1) is 12.3 Å². The lowest BCUT2D eigenvalue weighted by molar-refractivity contribution is -0.136. The van der Waals surface area contributed by atoms with E-state index in [1.165, 1.54) is 0 Å². The summed E-state index contributed by atoms with van der Waals surface area (Å²) in [4.78, 5) is 53.1. The van der Waals surface area contributed by atoms with Gasteiger partial charge in [0.1, 0.15) is 6.04 Å². The van der Waals surface area contributed by atoms with E-state index in [9.17, 15) is 19.2 Å². The Kier molecular flexibility index (Phi) is 5.66. The van der Waals surface area contributed by atoms with Crippen molar-refractivity contribution in [1.29, 1.82) is 0 Å². The van der Waals surface area contributed by atoms with E-state index < -0.39 is 23.8 Å². The normalized spacial score (nSPS) is 22.3. The zero-order valence-electron chi connectivity index (χ0n) is 16.6. The molecule has 4 rings (SSSR count). The van der Waals surface area contributed by atoms with E-state index in [1.807, 2.05) is 6.07 Å². The van der Waals surface area contributed by atoms with Gasteiger partial charge in [0, 0.05) is 19.0 Å². The minimum atomic E-state index is -0.964. The fourth-order valence-electron chi connectivity index (χ4n) is 4.54. The van der Waals surface area contributed by atoms with Gasteiger partial charge in [0.25, 0.3) is 11.8 Å². The Balaban J connectivity index is 1.62. The Morgan fingerprint density at radius 3 is 2.57 bits per heavy atom. The number of benzene rings is 1. The zero-order chi connectivity index (χ0) is 21.3. The minimum Gasteiger partial charge on any atom is -0.317 e. The monoisotopic (exact) mass is 408 g/mol. The number of amides is 4. The largest absolute Gasteiger partial charge is 0.317 e. The van der Waals surface area contributed by atoms with Gasteiger partial charge in [-0.2, -0.15) is 0 Å². The van der Waals surface area contributed by atoms with Gasteiger partial charge in [-0.3, -0.25) is 34.3 Å². The fourth-order valence-corrected chi connectivity index (χ4v) is 4.54. The van der Waals surface area contributed by atoms with Crippen molar-refractivity contribution in [1.82, 2.24) is 20.4 Å². The first-order valence-corrected chi connectivity index (χ1v) is 10.2. The number of piperidine rings is 2. The lowest BCUT2D eigenvalue weighted by Gasteiger charge is -2.33. The molecule has 1 aromatic carbocycles. The smallest absolute Gasteiger partial charge is 0.262 e. The molecule has 8 nitrogen and oxygen atoms in total. The molecule has 2 fully saturated rings. The number of hydrogen-bond donors (Lipinski definition) is 2. The molecule has 3 aliphatic rings. The third-order valence-electron chi connectivity index (χ3n) is 6.05. The van der Waals surface area contributed by atoms with Gasteiger partial charge in [-0.15, -0.1) is 6.42 Å². The van der Waals surface area contributed by atoms with E-state index in [-0.39, 0.29) is 18.7 Å². The molecule has 30 heavy (non-hydrogen) atoms. The molecule has 3 aliphatic heterocycles. The van der Waals surface area contributed by atoms with Crippen LogP contribution in [-0.4, -0.2) is 65.1 Å². The molecule has 1 atom stereocenters. The van der Waals surface area contributed by atoms with Crippen LogP contribution in [-0.2, 0) is 16.1 Å². The molecule has 3 heterocycles. The van der Waals surface area contributed by atoms with E-state index in [0.29, 0.717) is 30.3 Å². The van der Waals surface area contributed by atoms with E-state index in [0.717, 1.165) is 36.4 Å². The number of nitrogens with one attached hydrogen (secondary N) is 2. The minimum absolute atomic E-state index is 0.0995. The molecule has 8 heteroatoms. The van der Waals surface area contributed by atoms with Crippen molar-refractivity contribution >= 4 is 23.6 Å². The van der Waals surface area contributed by atoms with Crippen LogP contribution in [0.2, 0.25) is 0 Å². The average molecular weight is 408 g/mol. The molecule has 1 aromatic rings. The van der Waals surface area contributed by atoms with E-state index >= 15 is 0 Å². The average Bonchev–Trinajstić information content (AvgIpc) is 3.00. The SMILES string of the molecule is C#CCN(Cc1cccc2c1C(=O)N(C1CCC(=O)NC1=O)C2=O)C1CCNCC1. The predicted molar refractivity (Wildman–Crippen MR) is 108 cm³/mol. The maximum Gasteiger partial charge on any atom is 0.262 e. The maximum atomic E-state index is 13.2. The third kappa shape index (κ3) is 3.62. The summed E-state index contributed by atoms with van der Waals surface area (Å²) in [5, 5.41) is 5.55. The Morgan fingerprint density at radius 1 is 1.10 bits per heavy atom. The summed E-state index contributed by atoms with van der Waals surface area (Å²) in [5.41, 5.74) is 1.37. The summed E-state index contributed by atoms with van der Waals surface area (Å²) in [6.07, 6.45) is 7.76. The lowest BCUT2D eigenvalue weighted by atomic mass is 9.99.